The topological polar surface area (TPSA) is 107 Å². The Morgan fingerprint density at radius 3 is 2.68 bits per heavy atom. The summed E-state index contributed by atoms with van der Waals surface area (Å²) in [5.41, 5.74) is -1.20. The van der Waals surface area contributed by atoms with Gasteiger partial charge in [0.1, 0.15) is 42.4 Å². The van der Waals surface area contributed by atoms with Gasteiger partial charge in [-0.25, -0.2) is 9.67 Å². The lowest BCUT2D eigenvalue weighted by Gasteiger charge is -2.41. The van der Waals surface area contributed by atoms with Gasteiger partial charge < -0.3 is 19.7 Å². The lowest BCUT2D eigenvalue weighted by atomic mass is 9.91. The predicted molar refractivity (Wildman–Crippen MR) is 122 cm³/mol. The van der Waals surface area contributed by atoms with Crippen LogP contribution in [0.2, 0.25) is 0 Å². The first-order valence-corrected chi connectivity index (χ1v) is 12.1. The Hall–Kier alpha value is -1.59. The largest absolute Gasteiger partial charge is 0.418 e. The van der Waals surface area contributed by atoms with Crippen molar-refractivity contribution in [2.45, 2.75) is 49.7 Å². The van der Waals surface area contributed by atoms with Crippen molar-refractivity contribution in [3.63, 3.8) is 0 Å². The number of aliphatic hydroxyl groups excluding tert-OH is 2. The molecule has 0 saturated carbocycles. The number of halogens is 5. The number of hydrogen-bond donors (Lipinski definition) is 2. The quantitative estimate of drug-likeness (QED) is 0.418. The maximum absolute atomic E-state index is 13.8. The van der Waals surface area contributed by atoms with Crippen molar-refractivity contribution in [3.05, 3.63) is 55.8 Å². The monoisotopic (exact) mass is 655 g/mol. The van der Waals surface area contributed by atoms with Crippen molar-refractivity contribution in [2.75, 3.05) is 6.61 Å². The molecule has 2 aromatic heterocycles. The summed E-state index contributed by atoms with van der Waals surface area (Å²) in [4.78, 5) is 4.32. The van der Waals surface area contributed by atoms with Crippen LogP contribution in [0, 0.1) is 10.5 Å². The summed E-state index contributed by atoms with van der Waals surface area (Å²) in [7, 11) is 0. The number of fused-ring (bicyclic) bond motifs is 1. The highest BCUT2D eigenvalue weighted by Crippen LogP contribution is 2.44. The van der Waals surface area contributed by atoms with Gasteiger partial charge in [0.25, 0.3) is 0 Å². The molecule has 182 valence electrons. The molecule has 0 amide bonds. The fourth-order valence-corrected chi connectivity index (χ4v) is 5.17. The van der Waals surface area contributed by atoms with Gasteiger partial charge in [0.05, 0.1) is 27.6 Å². The maximum atomic E-state index is 13.8. The normalized spacial score (nSPS) is 29.4. The lowest BCUT2D eigenvalue weighted by Crippen LogP contribution is -2.52. The van der Waals surface area contributed by atoms with E-state index >= 15 is 0 Å². The molecule has 14 heteroatoms. The van der Waals surface area contributed by atoms with E-state index in [0.717, 1.165) is 14.3 Å². The van der Waals surface area contributed by atoms with Crippen molar-refractivity contribution in [3.8, 4) is 5.69 Å². The molecule has 2 saturated heterocycles. The molecule has 0 radical (unpaired) electrons. The zero-order chi connectivity index (χ0) is 24.4. The van der Waals surface area contributed by atoms with Crippen molar-refractivity contribution in [2.24, 2.45) is 0 Å². The van der Waals surface area contributed by atoms with Gasteiger partial charge in [-0.1, -0.05) is 15.9 Å². The molecule has 0 bridgehead atoms. The standard InChI is InChI=1S/C20H18BrF3IN5O4/c1-8-27-19(30(28-8)12-4-9(21)2-3-11(12)20(22,23)24)18-15(32)14(29-6-10(25)5-26-29)17-16(34-18)13(31)7-33-17/h2-6,13-18,31-32H,7H2,1H3/t13?,14?,15?,16?,17-,18-/m1/s1. The van der Waals surface area contributed by atoms with E-state index < -0.39 is 48.3 Å². The SMILES string of the molecule is Cc1nc([C@@H]2OC3C(O)CO[C@@H]3C(n3cc(I)cn3)C2O)n(-c2cc(Br)ccc2C(F)(F)F)n1. The Kier molecular flexibility index (Phi) is 6.25. The molecular formula is C20H18BrF3IN5O4. The first kappa shape index (κ1) is 24.1. The summed E-state index contributed by atoms with van der Waals surface area (Å²) >= 11 is 5.29. The minimum Gasteiger partial charge on any atom is -0.388 e. The Morgan fingerprint density at radius 2 is 2.00 bits per heavy atom. The van der Waals surface area contributed by atoms with Crippen LogP contribution in [0.15, 0.2) is 35.1 Å². The highest BCUT2D eigenvalue weighted by molar-refractivity contribution is 14.1. The van der Waals surface area contributed by atoms with Crippen LogP contribution in [0.3, 0.4) is 0 Å². The van der Waals surface area contributed by atoms with Gasteiger partial charge in [-0.15, -0.1) is 0 Å². The molecule has 34 heavy (non-hydrogen) atoms. The van der Waals surface area contributed by atoms with Gasteiger partial charge in [-0.05, 0) is 47.7 Å². The number of nitrogens with zero attached hydrogens (tertiary/aromatic N) is 5. The van der Waals surface area contributed by atoms with E-state index in [1.54, 1.807) is 12.4 Å². The first-order valence-electron chi connectivity index (χ1n) is 10.2. The average Bonchev–Trinajstić information content (AvgIpc) is 3.45. The Balaban J connectivity index is 1.64. The summed E-state index contributed by atoms with van der Waals surface area (Å²) in [6.45, 7) is 1.52. The van der Waals surface area contributed by atoms with Crippen LogP contribution in [-0.2, 0) is 15.7 Å². The molecule has 1 aromatic carbocycles. The number of alkyl halides is 3. The Labute approximate surface area is 213 Å². The Morgan fingerprint density at radius 1 is 1.24 bits per heavy atom. The minimum absolute atomic E-state index is 0.0147. The number of benzene rings is 1. The smallest absolute Gasteiger partial charge is 0.388 e. The van der Waals surface area contributed by atoms with Gasteiger partial charge in [-0.2, -0.15) is 23.4 Å². The molecule has 9 nitrogen and oxygen atoms in total. The molecule has 2 aliphatic rings. The van der Waals surface area contributed by atoms with Crippen LogP contribution in [0.1, 0.15) is 29.4 Å². The van der Waals surface area contributed by atoms with Crippen LogP contribution < -0.4 is 0 Å². The van der Waals surface area contributed by atoms with E-state index in [-0.39, 0.29) is 23.9 Å². The average molecular weight is 656 g/mol. The van der Waals surface area contributed by atoms with Crippen LogP contribution >= 0.6 is 38.5 Å². The fourth-order valence-electron chi connectivity index (χ4n) is 4.41. The van der Waals surface area contributed by atoms with E-state index in [1.807, 2.05) is 0 Å². The number of hydrogen-bond acceptors (Lipinski definition) is 7. The summed E-state index contributed by atoms with van der Waals surface area (Å²) in [5.74, 6) is 0.160. The van der Waals surface area contributed by atoms with Crippen LogP contribution in [-0.4, -0.2) is 65.8 Å². The first-order chi connectivity index (χ1) is 16.0. The number of ether oxygens (including phenoxy) is 2. The van der Waals surface area contributed by atoms with E-state index in [4.69, 9.17) is 9.47 Å². The van der Waals surface area contributed by atoms with Crippen molar-refractivity contribution < 1.29 is 32.9 Å². The third-order valence-corrected chi connectivity index (χ3v) is 6.87. The number of aliphatic hydroxyl groups is 2. The summed E-state index contributed by atoms with van der Waals surface area (Å²) in [6.07, 6.45) is -6.45. The third-order valence-electron chi connectivity index (χ3n) is 5.82. The summed E-state index contributed by atoms with van der Waals surface area (Å²) < 4.78 is 56.9. The van der Waals surface area contributed by atoms with E-state index in [9.17, 15) is 23.4 Å². The summed E-state index contributed by atoms with van der Waals surface area (Å²) in [5, 5.41) is 30.3. The predicted octanol–water partition coefficient (Wildman–Crippen LogP) is 2.96. The summed E-state index contributed by atoms with van der Waals surface area (Å²) in [6, 6.07) is 2.73. The van der Waals surface area contributed by atoms with Gasteiger partial charge in [0, 0.05) is 10.7 Å². The van der Waals surface area contributed by atoms with Gasteiger partial charge in [0.15, 0.2) is 5.82 Å². The molecule has 2 N–H and O–H groups in total. The molecule has 4 heterocycles. The maximum Gasteiger partial charge on any atom is 0.418 e. The fraction of sp³-hybridized carbons (Fsp3) is 0.450. The highest BCUT2D eigenvalue weighted by Gasteiger charge is 2.54. The van der Waals surface area contributed by atoms with Crippen LogP contribution in [0.5, 0.6) is 0 Å². The van der Waals surface area contributed by atoms with E-state index in [2.05, 4.69) is 53.7 Å². The van der Waals surface area contributed by atoms with Gasteiger partial charge in [-0.3, -0.25) is 4.68 Å². The molecule has 4 unspecified atom stereocenters. The molecule has 0 spiro atoms. The third kappa shape index (κ3) is 4.17. The number of aryl methyl sites for hydroxylation is 1. The minimum atomic E-state index is -4.66. The molecule has 6 atom stereocenters. The molecule has 2 fully saturated rings. The Bertz CT molecular complexity index is 1220. The second kappa shape index (κ2) is 8.81. The van der Waals surface area contributed by atoms with E-state index in [0.29, 0.717) is 4.47 Å². The lowest BCUT2D eigenvalue weighted by molar-refractivity contribution is -0.196. The molecule has 5 rings (SSSR count). The number of rotatable bonds is 3. The number of aromatic nitrogens is 5. The zero-order valence-electron chi connectivity index (χ0n) is 17.4. The second-order valence-corrected chi connectivity index (χ2v) is 10.3. The van der Waals surface area contributed by atoms with Crippen molar-refractivity contribution in [1.82, 2.24) is 24.5 Å². The van der Waals surface area contributed by atoms with Gasteiger partial charge in [0.2, 0.25) is 0 Å². The zero-order valence-corrected chi connectivity index (χ0v) is 21.1. The molecular weight excluding hydrogens is 638 g/mol. The molecule has 2 aliphatic heterocycles. The van der Waals surface area contributed by atoms with Crippen molar-refractivity contribution >= 4 is 38.5 Å². The molecule has 0 aliphatic carbocycles. The van der Waals surface area contributed by atoms with E-state index in [1.165, 1.54) is 23.7 Å². The van der Waals surface area contributed by atoms with Crippen molar-refractivity contribution in [1.29, 1.82) is 0 Å². The van der Waals surface area contributed by atoms with Gasteiger partial charge >= 0.3 is 6.18 Å². The molecule has 3 aromatic rings. The highest BCUT2D eigenvalue weighted by atomic mass is 127. The van der Waals surface area contributed by atoms with Crippen LogP contribution in [0.4, 0.5) is 13.2 Å². The second-order valence-electron chi connectivity index (χ2n) is 8.09. The van der Waals surface area contributed by atoms with Crippen LogP contribution in [0.25, 0.3) is 5.69 Å².